The number of hydrogen-bond donors (Lipinski definition) is 2. The van der Waals surface area contributed by atoms with E-state index in [-0.39, 0.29) is 18.3 Å². The van der Waals surface area contributed by atoms with Crippen LogP contribution in [-0.4, -0.2) is 32.2 Å². The van der Waals surface area contributed by atoms with Crippen molar-refractivity contribution in [2.24, 2.45) is 0 Å². The van der Waals surface area contributed by atoms with Crippen LogP contribution in [0.15, 0.2) is 17.2 Å². The van der Waals surface area contributed by atoms with Crippen LogP contribution >= 0.6 is 0 Å². The van der Waals surface area contributed by atoms with Crippen LogP contribution < -0.4 is 11.0 Å². The molecule has 0 spiro atoms. The average molecular weight is 253 g/mol. The number of nitrogens with zero attached hydrogens (tertiary/aromatic N) is 2. The first-order chi connectivity index (χ1) is 8.49. The van der Waals surface area contributed by atoms with E-state index in [1.165, 1.54) is 11.5 Å². The molecule has 0 aromatic carbocycles. The number of carbonyl (C=O) groups excluding carboxylic acids is 1. The first-order valence-corrected chi connectivity index (χ1v) is 5.76. The highest BCUT2D eigenvalue weighted by Crippen LogP contribution is 2.33. The molecule has 1 aromatic rings. The molecule has 2 rings (SSSR count). The number of carbonyl (C=O) groups is 2. The van der Waals surface area contributed by atoms with Crippen molar-refractivity contribution in [3.63, 3.8) is 0 Å². The Labute approximate surface area is 103 Å². The maximum absolute atomic E-state index is 11.9. The Balaban J connectivity index is 2.13. The van der Waals surface area contributed by atoms with Crippen LogP contribution in [0.3, 0.4) is 0 Å². The van der Waals surface area contributed by atoms with Crippen molar-refractivity contribution in [3.8, 4) is 0 Å². The second-order valence-corrected chi connectivity index (χ2v) is 4.46. The van der Waals surface area contributed by atoms with Gasteiger partial charge in [-0.1, -0.05) is 0 Å². The fraction of sp³-hybridized carbons (Fsp3) is 0.545. The Morgan fingerprint density at radius 3 is 2.67 bits per heavy atom. The summed E-state index contributed by atoms with van der Waals surface area (Å²) in [6.07, 6.45) is 5.18. The van der Waals surface area contributed by atoms with Gasteiger partial charge in [-0.2, -0.15) is 0 Å². The van der Waals surface area contributed by atoms with Gasteiger partial charge < -0.3 is 10.4 Å². The third-order valence-electron chi connectivity index (χ3n) is 2.87. The Morgan fingerprint density at radius 1 is 1.50 bits per heavy atom. The number of carboxylic acid groups (broad SMARTS) is 1. The van der Waals surface area contributed by atoms with Gasteiger partial charge >= 0.3 is 11.7 Å². The molecule has 7 heteroatoms. The van der Waals surface area contributed by atoms with Gasteiger partial charge in [0.25, 0.3) is 0 Å². The lowest BCUT2D eigenvalue weighted by molar-refractivity contribution is -0.141. The van der Waals surface area contributed by atoms with Gasteiger partial charge in [-0.05, 0) is 12.8 Å². The van der Waals surface area contributed by atoms with E-state index in [0.717, 1.165) is 12.8 Å². The van der Waals surface area contributed by atoms with Crippen LogP contribution in [0, 0.1) is 0 Å². The minimum absolute atomic E-state index is 0.0620. The lowest BCUT2D eigenvalue weighted by atomic mass is 10.3. The molecule has 1 aliphatic carbocycles. The zero-order valence-corrected chi connectivity index (χ0v) is 10.00. The van der Waals surface area contributed by atoms with Crippen LogP contribution in [-0.2, 0) is 16.1 Å². The summed E-state index contributed by atoms with van der Waals surface area (Å²) in [6, 6.07) is -0.835. The molecule has 1 amide bonds. The molecule has 2 N–H and O–H groups in total. The van der Waals surface area contributed by atoms with Crippen LogP contribution in [0.1, 0.15) is 25.8 Å². The second-order valence-electron chi connectivity index (χ2n) is 4.46. The number of carboxylic acids is 1. The molecular weight excluding hydrogens is 238 g/mol. The number of imidazole rings is 1. The van der Waals surface area contributed by atoms with E-state index in [4.69, 9.17) is 5.11 Å². The van der Waals surface area contributed by atoms with Gasteiger partial charge in [-0.25, -0.2) is 9.59 Å². The van der Waals surface area contributed by atoms with E-state index in [1.54, 1.807) is 17.0 Å². The van der Waals surface area contributed by atoms with Crippen molar-refractivity contribution in [1.29, 1.82) is 0 Å². The standard InChI is InChI=1S/C11H15N3O4/c1-7(15)12-9(10(16)17)6-13-4-5-14(11(13)18)8-2-3-8/h4-5,8-9H,2-3,6H2,1H3,(H,12,15)(H,16,17). The van der Waals surface area contributed by atoms with E-state index in [9.17, 15) is 14.4 Å². The first kappa shape index (κ1) is 12.4. The van der Waals surface area contributed by atoms with Gasteiger partial charge in [-0.15, -0.1) is 0 Å². The number of aliphatic carboxylic acids is 1. The van der Waals surface area contributed by atoms with E-state index < -0.39 is 17.9 Å². The van der Waals surface area contributed by atoms with Gasteiger partial charge in [-0.3, -0.25) is 13.9 Å². The highest BCUT2D eigenvalue weighted by molar-refractivity contribution is 5.81. The van der Waals surface area contributed by atoms with Gasteiger partial charge in [0.05, 0.1) is 6.54 Å². The summed E-state index contributed by atoms with van der Waals surface area (Å²) in [5.74, 6) is -1.59. The van der Waals surface area contributed by atoms with Crippen molar-refractivity contribution in [3.05, 3.63) is 22.9 Å². The van der Waals surface area contributed by atoms with Gasteiger partial charge in [0.1, 0.15) is 6.04 Å². The molecule has 1 fully saturated rings. The van der Waals surface area contributed by atoms with Crippen LogP contribution in [0.5, 0.6) is 0 Å². The molecule has 7 nitrogen and oxygen atoms in total. The second kappa shape index (κ2) is 4.67. The Kier molecular flexibility index (Phi) is 3.22. The molecule has 0 aliphatic heterocycles. The molecule has 1 aromatic heterocycles. The van der Waals surface area contributed by atoms with Crippen molar-refractivity contribution in [2.45, 2.75) is 38.4 Å². The molecule has 0 bridgehead atoms. The predicted molar refractivity (Wildman–Crippen MR) is 62.2 cm³/mol. The minimum Gasteiger partial charge on any atom is -0.480 e. The SMILES string of the molecule is CC(=O)NC(Cn1ccn(C2CC2)c1=O)C(=O)O. The molecule has 1 heterocycles. The van der Waals surface area contributed by atoms with Crippen molar-refractivity contribution >= 4 is 11.9 Å². The highest BCUT2D eigenvalue weighted by atomic mass is 16.4. The molecule has 0 saturated heterocycles. The van der Waals surface area contributed by atoms with E-state index in [0.29, 0.717) is 0 Å². The monoisotopic (exact) mass is 253 g/mol. The number of aromatic nitrogens is 2. The number of amides is 1. The topological polar surface area (TPSA) is 93.3 Å². The molecule has 1 unspecified atom stereocenters. The van der Waals surface area contributed by atoms with Crippen molar-refractivity contribution in [1.82, 2.24) is 14.5 Å². The van der Waals surface area contributed by atoms with E-state index >= 15 is 0 Å². The molecule has 1 atom stereocenters. The zero-order valence-electron chi connectivity index (χ0n) is 10.00. The third kappa shape index (κ3) is 2.61. The molecule has 98 valence electrons. The lowest BCUT2D eigenvalue weighted by Gasteiger charge is -2.13. The maximum Gasteiger partial charge on any atom is 0.328 e. The summed E-state index contributed by atoms with van der Waals surface area (Å²) in [6.45, 7) is 1.18. The van der Waals surface area contributed by atoms with Crippen LogP contribution in [0.25, 0.3) is 0 Å². The quantitative estimate of drug-likeness (QED) is 0.745. The summed E-state index contributed by atoms with van der Waals surface area (Å²) in [4.78, 5) is 33.8. The summed E-state index contributed by atoms with van der Waals surface area (Å²) in [5.41, 5.74) is -0.228. The molecule has 1 saturated carbocycles. The smallest absolute Gasteiger partial charge is 0.328 e. The fourth-order valence-corrected chi connectivity index (χ4v) is 1.83. The first-order valence-electron chi connectivity index (χ1n) is 5.76. The van der Waals surface area contributed by atoms with E-state index in [2.05, 4.69) is 5.32 Å². The van der Waals surface area contributed by atoms with Crippen molar-refractivity contribution < 1.29 is 14.7 Å². The Morgan fingerprint density at radius 2 is 2.17 bits per heavy atom. The Hall–Kier alpha value is -2.05. The number of hydrogen-bond acceptors (Lipinski definition) is 3. The third-order valence-corrected chi connectivity index (χ3v) is 2.87. The molecule has 1 aliphatic rings. The lowest BCUT2D eigenvalue weighted by Crippen LogP contribution is -2.44. The van der Waals surface area contributed by atoms with Gasteiger partial charge in [0.15, 0.2) is 0 Å². The van der Waals surface area contributed by atoms with Crippen molar-refractivity contribution in [2.75, 3.05) is 0 Å². The Bertz CT molecular complexity index is 527. The van der Waals surface area contributed by atoms with Crippen LogP contribution in [0.2, 0.25) is 0 Å². The normalized spacial score (nSPS) is 16.3. The van der Waals surface area contributed by atoms with Gasteiger partial charge in [0.2, 0.25) is 5.91 Å². The van der Waals surface area contributed by atoms with Gasteiger partial charge in [0, 0.05) is 25.4 Å². The van der Waals surface area contributed by atoms with Crippen LogP contribution in [0.4, 0.5) is 0 Å². The van der Waals surface area contributed by atoms with E-state index in [1.807, 2.05) is 0 Å². The predicted octanol–water partition coefficient (Wildman–Crippen LogP) is -0.426. The minimum atomic E-state index is -1.16. The maximum atomic E-state index is 11.9. The zero-order chi connectivity index (χ0) is 13.3. The molecular formula is C11H15N3O4. The summed E-state index contributed by atoms with van der Waals surface area (Å²) >= 11 is 0. The summed E-state index contributed by atoms with van der Waals surface area (Å²) in [7, 11) is 0. The summed E-state index contributed by atoms with van der Waals surface area (Å²) < 4.78 is 2.92. The average Bonchev–Trinajstić information content (AvgIpc) is 3.04. The number of nitrogens with one attached hydrogen (secondary N) is 1. The molecule has 0 radical (unpaired) electrons. The largest absolute Gasteiger partial charge is 0.480 e. The highest BCUT2D eigenvalue weighted by Gasteiger charge is 2.27. The molecule has 18 heavy (non-hydrogen) atoms. The summed E-state index contributed by atoms with van der Waals surface area (Å²) in [5, 5.41) is 11.3. The fourth-order valence-electron chi connectivity index (χ4n) is 1.83. The number of rotatable bonds is 5.